The smallest absolute Gasteiger partial charge is 0.264 e. The molecule has 3 aromatic carbocycles. The molecule has 10 nitrogen and oxygen atoms in total. The van der Waals surface area contributed by atoms with Crippen LogP contribution in [0, 0.1) is 13.8 Å². The molecule has 0 aliphatic carbocycles. The minimum absolute atomic E-state index is 0.0760. The summed E-state index contributed by atoms with van der Waals surface area (Å²) in [4.78, 5) is 28.5. The molecule has 0 aromatic heterocycles. The Morgan fingerprint density at radius 3 is 1.95 bits per heavy atom. The number of aryl methyl sites for hydroxylation is 2. The molecule has 0 saturated heterocycles. The van der Waals surface area contributed by atoms with Crippen LogP contribution in [0.3, 0.4) is 0 Å². The molecule has 0 saturated carbocycles. The third kappa shape index (κ3) is 8.19. The van der Waals surface area contributed by atoms with Crippen LogP contribution in [-0.4, -0.2) is 65.1 Å². The van der Waals surface area contributed by atoms with E-state index < -0.39 is 28.5 Å². The maximum Gasteiger partial charge on any atom is 0.264 e. The lowest BCUT2D eigenvalue weighted by Crippen LogP contribution is -2.52. The average molecular weight is 612 g/mol. The van der Waals surface area contributed by atoms with Crippen molar-refractivity contribution >= 4 is 27.5 Å². The quantitative estimate of drug-likeness (QED) is 0.303. The van der Waals surface area contributed by atoms with E-state index in [0.29, 0.717) is 17.2 Å². The zero-order valence-electron chi connectivity index (χ0n) is 26.0. The average Bonchev–Trinajstić information content (AvgIpc) is 2.97. The summed E-state index contributed by atoms with van der Waals surface area (Å²) in [5.41, 5.74) is 2.73. The highest BCUT2D eigenvalue weighted by Gasteiger charge is 2.33. The van der Waals surface area contributed by atoms with Crippen molar-refractivity contribution in [2.75, 3.05) is 32.2 Å². The number of anilines is 1. The van der Waals surface area contributed by atoms with Gasteiger partial charge in [-0.05, 0) is 87.7 Å². The zero-order valence-corrected chi connectivity index (χ0v) is 26.8. The molecule has 11 heteroatoms. The Kier molecular flexibility index (Phi) is 11.0. The SMILES string of the molecule is COc1ccc(CN(C(=O)CN(c2cc(C)cc(C)c2)S(=O)(=O)c2ccc(OC)c(OC)c2)[C@@H](C)C(=O)NC(C)C)cc1. The number of sulfonamides is 1. The van der Waals surface area contributed by atoms with Gasteiger partial charge in [-0.3, -0.25) is 13.9 Å². The lowest BCUT2D eigenvalue weighted by Gasteiger charge is -2.32. The molecule has 43 heavy (non-hydrogen) atoms. The van der Waals surface area contributed by atoms with Gasteiger partial charge in [0.15, 0.2) is 11.5 Å². The maximum absolute atomic E-state index is 14.2. The fraction of sp³-hybridized carbons (Fsp3) is 0.375. The first-order chi connectivity index (χ1) is 20.3. The van der Waals surface area contributed by atoms with Crippen LogP contribution < -0.4 is 23.8 Å². The van der Waals surface area contributed by atoms with E-state index in [1.165, 1.54) is 37.3 Å². The van der Waals surface area contributed by atoms with E-state index in [2.05, 4.69) is 5.32 Å². The molecule has 1 N–H and O–H groups in total. The Bertz CT molecular complexity index is 1520. The predicted molar refractivity (Wildman–Crippen MR) is 166 cm³/mol. The Morgan fingerprint density at radius 1 is 0.814 bits per heavy atom. The van der Waals surface area contributed by atoms with Crippen LogP contribution in [0.1, 0.15) is 37.5 Å². The van der Waals surface area contributed by atoms with Gasteiger partial charge >= 0.3 is 0 Å². The second kappa shape index (κ2) is 14.3. The van der Waals surface area contributed by atoms with Crippen LogP contribution in [-0.2, 0) is 26.2 Å². The van der Waals surface area contributed by atoms with Crippen LogP contribution >= 0.6 is 0 Å². The second-order valence-electron chi connectivity index (χ2n) is 10.6. The third-order valence-corrected chi connectivity index (χ3v) is 8.60. The maximum atomic E-state index is 14.2. The molecule has 0 aliphatic rings. The standard InChI is InChI=1S/C32H41N3O7S/c1-21(2)33-32(37)24(5)34(19-25-9-11-27(40-6)12-10-25)31(36)20-35(26-16-22(3)15-23(4)17-26)43(38,39)28-13-14-29(41-7)30(18-28)42-8/h9-18,21,24H,19-20H2,1-8H3,(H,33,37)/t24-/m0/s1. The summed E-state index contributed by atoms with van der Waals surface area (Å²) >= 11 is 0. The molecule has 0 spiro atoms. The van der Waals surface area contributed by atoms with Crippen molar-refractivity contribution in [1.29, 1.82) is 0 Å². The monoisotopic (exact) mass is 611 g/mol. The van der Waals surface area contributed by atoms with Gasteiger partial charge in [0.1, 0.15) is 18.3 Å². The minimum Gasteiger partial charge on any atom is -0.497 e. The summed E-state index contributed by atoms with van der Waals surface area (Å²) in [5, 5.41) is 2.85. The summed E-state index contributed by atoms with van der Waals surface area (Å²) in [6, 6.07) is 15.7. The van der Waals surface area contributed by atoms with Crippen molar-refractivity contribution in [3.8, 4) is 17.2 Å². The van der Waals surface area contributed by atoms with Crippen molar-refractivity contribution in [3.63, 3.8) is 0 Å². The molecule has 0 unspecified atom stereocenters. The molecule has 232 valence electrons. The van der Waals surface area contributed by atoms with Crippen LogP contribution in [0.25, 0.3) is 0 Å². The number of benzene rings is 3. The van der Waals surface area contributed by atoms with Crippen LogP contribution in [0.15, 0.2) is 65.6 Å². The molecular weight excluding hydrogens is 570 g/mol. The first kappa shape index (κ1) is 33.3. The van der Waals surface area contributed by atoms with Gasteiger partial charge in [0, 0.05) is 18.7 Å². The summed E-state index contributed by atoms with van der Waals surface area (Å²) in [7, 11) is 0.147. The minimum atomic E-state index is -4.29. The number of hydrogen-bond acceptors (Lipinski definition) is 7. The number of methoxy groups -OCH3 is 3. The highest BCUT2D eigenvalue weighted by atomic mass is 32.2. The number of amides is 2. The number of rotatable bonds is 13. The molecule has 0 radical (unpaired) electrons. The molecule has 0 fully saturated rings. The summed E-state index contributed by atoms with van der Waals surface area (Å²) < 4.78 is 45.4. The van der Waals surface area contributed by atoms with E-state index >= 15 is 0 Å². The fourth-order valence-corrected chi connectivity index (χ4v) is 6.06. The van der Waals surface area contributed by atoms with Crippen molar-refractivity contribution < 1.29 is 32.2 Å². The van der Waals surface area contributed by atoms with Crippen LogP contribution in [0.2, 0.25) is 0 Å². The summed E-state index contributed by atoms with van der Waals surface area (Å²) in [5.74, 6) is 0.346. The van der Waals surface area contributed by atoms with Gasteiger partial charge in [0.2, 0.25) is 11.8 Å². The van der Waals surface area contributed by atoms with Crippen molar-refractivity contribution in [3.05, 3.63) is 77.4 Å². The Balaban J connectivity index is 2.10. The van der Waals surface area contributed by atoms with E-state index in [1.54, 1.807) is 50.4 Å². The molecular formula is C32H41N3O7S. The lowest BCUT2D eigenvalue weighted by atomic mass is 10.1. The van der Waals surface area contributed by atoms with Gasteiger partial charge < -0.3 is 24.4 Å². The Labute approximate surface area is 254 Å². The number of nitrogens with zero attached hydrogens (tertiary/aromatic N) is 2. The molecule has 2 amide bonds. The first-order valence-electron chi connectivity index (χ1n) is 13.9. The lowest BCUT2D eigenvalue weighted by molar-refractivity contribution is -0.139. The molecule has 0 heterocycles. The second-order valence-corrected chi connectivity index (χ2v) is 12.4. The molecule has 3 aromatic rings. The Hall–Kier alpha value is -4.25. The molecule has 0 bridgehead atoms. The van der Waals surface area contributed by atoms with Gasteiger partial charge in [-0.25, -0.2) is 8.42 Å². The number of carbonyl (C=O) groups excluding carboxylic acids is 2. The van der Waals surface area contributed by atoms with E-state index in [9.17, 15) is 18.0 Å². The van der Waals surface area contributed by atoms with Gasteiger partial charge in [-0.2, -0.15) is 0 Å². The van der Waals surface area contributed by atoms with Gasteiger partial charge in [-0.1, -0.05) is 18.2 Å². The molecule has 0 aliphatic heterocycles. The first-order valence-corrected chi connectivity index (χ1v) is 15.3. The van der Waals surface area contributed by atoms with E-state index in [0.717, 1.165) is 21.0 Å². The third-order valence-electron chi connectivity index (χ3n) is 6.83. The van der Waals surface area contributed by atoms with Gasteiger partial charge in [-0.15, -0.1) is 0 Å². The Morgan fingerprint density at radius 2 is 1.42 bits per heavy atom. The summed E-state index contributed by atoms with van der Waals surface area (Å²) in [6.45, 7) is 8.53. The van der Waals surface area contributed by atoms with Crippen molar-refractivity contribution in [2.45, 2.75) is 58.1 Å². The van der Waals surface area contributed by atoms with Crippen molar-refractivity contribution in [1.82, 2.24) is 10.2 Å². The van der Waals surface area contributed by atoms with Gasteiger partial charge in [0.05, 0.1) is 31.9 Å². The molecule has 3 rings (SSSR count). The topological polar surface area (TPSA) is 114 Å². The largest absolute Gasteiger partial charge is 0.497 e. The highest BCUT2D eigenvalue weighted by Crippen LogP contribution is 2.33. The number of carbonyl (C=O) groups is 2. The number of ether oxygens (including phenoxy) is 3. The van der Waals surface area contributed by atoms with Crippen LogP contribution in [0.4, 0.5) is 5.69 Å². The van der Waals surface area contributed by atoms with E-state index in [-0.39, 0.29) is 29.1 Å². The number of nitrogens with one attached hydrogen (secondary N) is 1. The summed E-state index contributed by atoms with van der Waals surface area (Å²) in [6.07, 6.45) is 0. The normalized spacial score (nSPS) is 11.9. The number of hydrogen-bond donors (Lipinski definition) is 1. The highest BCUT2D eigenvalue weighted by molar-refractivity contribution is 7.92. The van der Waals surface area contributed by atoms with Crippen molar-refractivity contribution in [2.24, 2.45) is 0 Å². The zero-order chi connectivity index (χ0) is 31.9. The fourth-order valence-electron chi connectivity index (χ4n) is 4.64. The predicted octanol–water partition coefficient (Wildman–Crippen LogP) is 4.47. The van der Waals surface area contributed by atoms with E-state index in [4.69, 9.17) is 14.2 Å². The van der Waals surface area contributed by atoms with Crippen LogP contribution in [0.5, 0.6) is 17.2 Å². The van der Waals surface area contributed by atoms with E-state index in [1.807, 2.05) is 33.8 Å². The molecule has 1 atom stereocenters. The van der Waals surface area contributed by atoms with Gasteiger partial charge in [0.25, 0.3) is 10.0 Å².